The summed E-state index contributed by atoms with van der Waals surface area (Å²) in [6.45, 7) is 4.41. The molecule has 0 unspecified atom stereocenters. The molecule has 11 aromatic rings. The van der Waals surface area contributed by atoms with Crippen LogP contribution in [0.15, 0.2) is 182 Å². The predicted molar refractivity (Wildman–Crippen MR) is 262 cm³/mol. The minimum Gasteiger partial charge on any atom is -0.135 e. The first-order valence-corrected chi connectivity index (χ1v) is 21.8. The number of hydrogen-bond acceptors (Lipinski definition) is 1. The number of benzene rings is 10. The fraction of sp³-hybridized carbons (Fsp3) is 0.0508. The Balaban J connectivity index is 0.992. The maximum Gasteiger partial charge on any atom is 0.0433 e. The maximum atomic E-state index is 2.39. The first-order chi connectivity index (χ1) is 29.6. The summed E-state index contributed by atoms with van der Waals surface area (Å²) >= 11 is 1.89. The Morgan fingerprint density at radius 2 is 1.05 bits per heavy atom. The molecule has 0 fully saturated rings. The Kier molecular flexibility index (Phi) is 8.02. The van der Waals surface area contributed by atoms with Crippen molar-refractivity contribution in [2.24, 2.45) is 0 Å². The minimum absolute atomic E-state index is 1.01. The molecular weight excluding hydrogens is 741 g/mol. The fourth-order valence-electron chi connectivity index (χ4n) is 10.00. The predicted octanol–water partition coefficient (Wildman–Crippen LogP) is 15.7. The van der Waals surface area contributed by atoms with Crippen LogP contribution in [0, 0.1) is 0 Å². The van der Waals surface area contributed by atoms with Gasteiger partial charge in [0.1, 0.15) is 0 Å². The number of thiophene rings is 1. The number of rotatable bonds is 5. The van der Waals surface area contributed by atoms with E-state index in [-0.39, 0.29) is 0 Å². The molecule has 1 aliphatic rings. The second kappa shape index (κ2) is 13.8. The molecule has 1 aliphatic carbocycles. The fourth-order valence-corrected chi connectivity index (χ4v) is 11.2. The molecule has 0 spiro atoms. The summed E-state index contributed by atoms with van der Waals surface area (Å²) in [6.07, 6.45) is 7.86. The molecule has 282 valence electrons. The highest BCUT2D eigenvalue weighted by molar-refractivity contribution is 7.26. The molecule has 0 nitrogen and oxygen atoms in total. The SMILES string of the molecule is C/C=c1/ccc(-c2ccc(-c3cc(-c4ccc(-c5ccc6ccc7cccc8ccc5c6c78)cc4)cc(-c4cccc5c4sc4ccccc45)c3)cc2)c2c1=C(C)CC=C2. The normalized spacial score (nSPS) is 13.1. The summed E-state index contributed by atoms with van der Waals surface area (Å²) in [7, 11) is 0. The van der Waals surface area contributed by atoms with Gasteiger partial charge in [0.05, 0.1) is 0 Å². The van der Waals surface area contributed by atoms with E-state index in [0.29, 0.717) is 0 Å². The molecule has 0 radical (unpaired) electrons. The highest BCUT2D eigenvalue weighted by Gasteiger charge is 2.16. The van der Waals surface area contributed by atoms with Crippen molar-refractivity contribution in [2.45, 2.75) is 20.3 Å². The van der Waals surface area contributed by atoms with Gasteiger partial charge >= 0.3 is 0 Å². The summed E-state index contributed by atoms with van der Waals surface area (Å²) in [5.74, 6) is 0. The lowest BCUT2D eigenvalue weighted by molar-refractivity contribution is 1.29. The molecule has 0 N–H and O–H groups in total. The van der Waals surface area contributed by atoms with Gasteiger partial charge in [-0.1, -0.05) is 175 Å². The molecule has 0 saturated carbocycles. The highest BCUT2D eigenvalue weighted by atomic mass is 32.1. The van der Waals surface area contributed by atoms with E-state index >= 15 is 0 Å². The lowest BCUT2D eigenvalue weighted by Crippen LogP contribution is -2.30. The molecule has 0 aliphatic heterocycles. The van der Waals surface area contributed by atoms with E-state index in [4.69, 9.17) is 0 Å². The topological polar surface area (TPSA) is 0 Å². The smallest absolute Gasteiger partial charge is 0.0433 e. The zero-order chi connectivity index (χ0) is 39.9. The van der Waals surface area contributed by atoms with Crippen LogP contribution in [0.3, 0.4) is 0 Å². The summed E-state index contributed by atoms with van der Waals surface area (Å²) in [5, 5.41) is 13.2. The molecule has 0 bridgehead atoms. The van der Waals surface area contributed by atoms with E-state index in [1.54, 1.807) is 0 Å². The maximum absolute atomic E-state index is 2.39. The van der Waals surface area contributed by atoms with Gasteiger partial charge in [0.25, 0.3) is 0 Å². The Morgan fingerprint density at radius 3 is 1.80 bits per heavy atom. The first kappa shape index (κ1) is 34.9. The molecule has 0 saturated heterocycles. The van der Waals surface area contributed by atoms with E-state index in [0.717, 1.165) is 6.42 Å². The minimum atomic E-state index is 1.01. The van der Waals surface area contributed by atoms with Gasteiger partial charge in [-0.25, -0.2) is 0 Å². The van der Waals surface area contributed by atoms with E-state index in [2.05, 4.69) is 208 Å². The summed E-state index contributed by atoms with van der Waals surface area (Å²) < 4.78 is 2.66. The summed E-state index contributed by atoms with van der Waals surface area (Å²) in [4.78, 5) is 0. The van der Waals surface area contributed by atoms with Crippen LogP contribution >= 0.6 is 11.3 Å². The van der Waals surface area contributed by atoms with Crippen LogP contribution in [0.2, 0.25) is 0 Å². The van der Waals surface area contributed by atoms with Gasteiger partial charge in [0.15, 0.2) is 0 Å². The second-order valence-corrected chi connectivity index (χ2v) is 17.4. The van der Waals surface area contributed by atoms with Crippen LogP contribution in [0.1, 0.15) is 25.8 Å². The molecule has 0 atom stereocenters. The molecule has 1 aromatic heterocycles. The van der Waals surface area contributed by atoms with Crippen LogP contribution in [0.5, 0.6) is 0 Å². The van der Waals surface area contributed by atoms with Gasteiger partial charge < -0.3 is 0 Å². The van der Waals surface area contributed by atoms with Crippen LogP contribution < -0.4 is 10.4 Å². The first-order valence-electron chi connectivity index (χ1n) is 21.0. The quantitative estimate of drug-likeness (QED) is 0.153. The van der Waals surface area contributed by atoms with Crippen LogP contribution in [0.4, 0.5) is 0 Å². The van der Waals surface area contributed by atoms with Crippen molar-refractivity contribution in [3.05, 3.63) is 198 Å². The second-order valence-electron chi connectivity index (χ2n) is 16.4. The summed E-state index contributed by atoms with van der Waals surface area (Å²) in [5.41, 5.74) is 15.1. The Hall–Kier alpha value is -7.06. The largest absolute Gasteiger partial charge is 0.135 e. The van der Waals surface area contributed by atoms with Gasteiger partial charge in [0.2, 0.25) is 0 Å². The van der Waals surface area contributed by atoms with Crippen LogP contribution in [-0.2, 0) is 0 Å². The third-order valence-corrected chi connectivity index (χ3v) is 14.2. The van der Waals surface area contributed by atoms with Crippen molar-refractivity contribution in [1.29, 1.82) is 0 Å². The zero-order valence-corrected chi connectivity index (χ0v) is 34.4. The Bertz CT molecular complexity index is 3660. The molecule has 1 heteroatoms. The lowest BCUT2D eigenvalue weighted by atomic mass is 9.88. The Labute approximate surface area is 353 Å². The van der Waals surface area contributed by atoms with Crippen molar-refractivity contribution in [3.8, 4) is 55.6 Å². The summed E-state index contributed by atoms with van der Waals surface area (Å²) in [6, 6.07) is 66.1. The Morgan fingerprint density at radius 1 is 0.450 bits per heavy atom. The molecule has 0 amide bonds. The number of allylic oxidation sites excluding steroid dienone is 1. The van der Waals surface area contributed by atoms with Crippen LogP contribution in [-0.4, -0.2) is 0 Å². The highest BCUT2D eigenvalue weighted by Crippen LogP contribution is 2.43. The van der Waals surface area contributed by atoms with E-state index in [9.17, 15) is 0 Å². The number of fused-ring (bicyclic) bond motifs is 4. The third kappa shape index (κ3) is 5.50. The average molecular weight is 781 g/mol. The van der Waals surface area contributed by atoms with Gasteiger partial charge in [-0.3, -0.25) is 0 Å². The van der Waals surface area contributed by atoms with Gasteiger partial charge in [-0.05, 0) is 148 Å². The van der Waals surface area contributed by atoms with Crippen molar-refractivity contribution >= 4 is 81.6 Å². The van der Waals surface area contributed by atoms with Gasteiger partial charge in [0, 0.05) is 20.2 Å². The van der Waals surface area contributed by atoms with Gasteiger partial charge in [-0.15, -0.1) is 11.3 Å². The zero-order valence-electron chi connectivity index (χ0n) is 33.6. The van der Waals surface area contributed by atoms with Gasteiger partial charge in [-0.2, -0.15) is 0 Å². The molecular formula is C59H40S. The molecule has 12 rings (SSSR count). The van der Waals surface area contributed by atoms with E-state index in [1.807, 2.05) is 11.3 Å². The third-order valence-electron chi connectivity index (χ3n) is 13.0. The molecule has 10 aromatic carbocycles. The van der Waals surface area contributed by atoms with Crippen molar-refractivity contribution in [2.75, 3.05) is 0 Å². The number of hydrogen-bond donors (Lipinski definition) is 0. The standard InChI is InChI=1S/C59H40S/c1-3-37-27-30-48(52-14-6-9-36(2)56(37)52)40-21-17-38(18-22-40)45-33-46(35-47(34-45)50-13-8-15-54-51-12-4-5-16-55(51)60-59(50)54)39-19-23-41(24-20-39)49-31-28-44-26-25-42-10-7-11-43-29-32-53(49)58(44)57(42)43/h3-8,10-35H,9H2,1-2H3/b37-3-. The van der Waals surface area contributed by atoms with Crippen molar-refractivity contribution < 1.29 is 0 Å². The van der Waals surface area contributed by atoms with E-state index < -0.39 is 0 Å². The van der Waals surface area contributed by atoms with E-state index in [1.165, 1.54) is 130 Å². The lowest BCUT2D eigenvalue weighted by Gasteiger charge is -2.16. The van der Waals surface area contributed by atoms with Crippen LogP contribution in [0.25, 0.3) is 126 Å². The molecule has 1 heterocycles. The van der Waals surface area contributed by atoms with Crippen molar-refractivity contribution in [3.63, 3.8) is 0 Å². The van der Waals surface area contributed by atoms with Crippen molar-refractivity contribution in [1.82, 2.24) is 0 Å². The average Bonchev–Trinajstić information content (AvgIpc) is 3.70. The molecule has 60 heavy (non-hydrogen) atoms. The monoisotopic (exact) mass is 780 g/mol.